The van der Waals surface area contributed by atoms with Crippen LogP contribution in [0.15, 0.2) is 12.3 Å². The van der Waals surface area contributed by atoms with Crippen LogP contribution in [0.5, 0.6) is 0 Å². The summed E-state index contributed by atoms with van der Waals surface area (Å²) in [5.41, 5.74) is 0.599. The third-order valence-electron chi connectivity index (χ3n) is 3.52. The second kappa shape index (κ2) is 3.00. The molecule has 1 aliphatic heterocycles. The summed E-state index contributed by atoms with van der Waals surface area (Å²) in [7, 11) is 1.67. The van der Waals surface area contributed by atoms with Gasteiger partial charge in [0.2, 0.25) is 0 Å². The number of ether oxygens (including phenoxy) is 1. The topological polar surface area (TPSA) is 38.5 Å². The maximum Gasteiger partial charge on any atom is 0.107 e. The first-order valence-corrected chi connectivity index (χ1v) is 4.91. The number of hydrogen-bond donors (Lipinski definition) is 1. The second-order valence-electron chi connectivity index (χ2n) is 4.38. The summed E-state index contributed by atoms with van der Waals surface area (Å²) in [6.07, 6.45) is 5.12. The van der Waals surface area contributed by atoms with Gasteiger partial charge in [-0.25, -0.2) is 5.01 Å². The molecular weight excluding hydrogens is 164 g/mol. The van der Waals surface area contributed by atoms with Crippen LogP contribution in [0.2, 0.25) is 0 Å². The molecule has 2 rings (SSSR count). The van der Waals surface area contributed by atoms with Gasteiger partial charge in [0.25, 0.3) is 0 Å². The van der Waals surface area contributed by atoms with Gasteiger partial charge in [-0.15, -0.1) is 0 Å². The van der Waals surface area contributed by atoms with E-state index in [2.05, 4.69) is 6.58 Å². The number of nitrogens with two attached hydrogens (primary N) is 1. The molecule has 1 atom stereocenters. The first-order valence-electron chi connectivity index (χ1n) is 4.91. The van der Waals surface area contributed by atoms with Crippen molar-refractivity contribution in [2.24, 2.45) is 11.3 Å². The van der Waals surface area contributed by atoms with Crippen molar-refractivity contribution in [3.05, 3.63) is 12.3 Å². The first kappa shape index (κ1) is 9.03. The predicted molar refractivity (Wildman–Crippen MR) is 51.7 cm³/mol. The molecule has 0 bridgehead atoms. The lowest BCUT2D eigenvalue weighted by atomic mass is 9.88. The molecule has 1 aliphatic carbocycles. The Morgan fingerprint density at radius 1 is 1.54 bits per heavy atom. The Morgan fingerprint density at radius 2 is 2.23 bits per heavy atom. The van der Waals surface area contributed by atoms with Crippen LogP contribution in [0.4, 0.5) is 0 Å². The normalized spacial score (nSPS) is 31.7. The summed E-state index contributed by atoms with van der Waals surface area (Å²) in [5, 5.41) is 1.87. The third-order valence-corrected chi connectivity index (χ3v) is 3.52. The van der Waals surface area contributed by atoms with Gasteiger partial charge in [0.15, 0.2) is 0 Å². The summed E-state index contributed by atoms with van der Waals surface area (Å²) in [4.78, 5) is 0. The lowest BCUT2D eigenvalue weighted by Crippen LogP contribution is -2.48. The SMILES string of the molecule is C=C(OC)[C@H]1CC2(CCN1N)CC2. The van der Waals surface area contributed by atoms with Crippen LogP contribution in [-0.2, 0) is 4.74 Å². The van der Waals surface area contributed by atoms with Gasteiger partial charge in [-0.3, -0.25) is 5.84 Å². The zero-order chi connectivity index (χ0) is 9.47. The number of nitrogens with zero attached hydrogens (tertiary/aromatic N) is 1. The Morgan fingerprint density at radius 3 is 2.77 bits per heavy atom. The molecule has 1 heterocycles. The molecule has 0 aromatic carbocycles. The Labute approximate surface area is 79.5 Å². The number of rotatable bonds is 2. The number of hydrazine groups is 1. The minimum absolute atomic E-state index is 0.237. The monoisotopic (exact) mass is 182 g/mol. The minimum Gasteiger partial charge on any atom is -0.500 e. The first-order chi connectivity index (χ1) is 6.17. The largest absolute Gasteiger partial charge is 0.500 e. The zero-order valence-corrected chi connectivity index (χ0v) is 8.25. The lowest BCUT2D eigenvalue weighted by molar-refractivity contribution is 0.0833. The number of hydrogen-bond acceptors (Lipinski definition) is 3. The molecule has 13 heavy (non-hydrogen) atoms. The van der Waals surface area contributed by atoms with Crippen LogP contribution >= 0.6 is 0 Å². The third kappa shape index (κ3) is 1.58. The van der Waals surface area contributed by atoms with Crippen LogP contribution in [0.3, 0.4) is 0 Å². The van der Waals surface area contributed by atoms with Gasteiger partial charge in [-0.1, -0.05) is 6.58 Å². The fraction of sp³-hybridized carbons (Fsp3) is 0.800. The van der Waals surface area contributed by atoms with Crippen molar-refractivity contribution in [1.82, 2.24) is 5.01 Å². The molecule has 0 aromatic heterocycles. The quantitative estimate of drug-likeness (QED) is 0.516. The van der Waals surface area contributed by atoms with E-state index < -0.39 is 0 Å². The van der Waals surface area contributed by atoms with E-state index in [1.807, 2.05) is 5.01 Å². The fourth-order valence-corrected chi connectivity index (χ4v) is 2.22. The summed E-state index contributed by atoms with van der Waals surface area (Å²) in [6.45, 7) is 4.88. The summed E-state index contributed by atoms with van der Waals surface area (Å²) in [5.74, 6) is 6.71. The van der Waals surface area contributed by atoms with E-state index in [1.165, 1.54) is 19.3 Å². The minimum atomic E-state index is 0.237. The van der Waals surface area contributed by atoms with Gasteiger partial charge in [-0.2, -0.15) is 0 Å². The van der Waals surface area contributed by atoms with Crippen LogP contribution in [0.25, 0.3) is 0 Å². The molecule has 1 saturated heterocycles. The zero-order valence-electron chi connectivity index (χ0n) is 8.25. The Hall–Kier alpha value is -0.540. The maximum absolute atomic E-state index is 5.90. The molecule has 74 valence electrons. The average molecular weight is 182 g/mol. The fourth-order valence-electron chi connectivity index (χ4n) is 2.22. The van der Waals surface area contributed by atoms with Gasteiger partial charge in [-0.05, 0) is 31.1 Å². The van der Waals surface area contributed by atoms with Crippen LogP contribution in [0, 0.1) is 5.41 Å². The van der Waals surface area contributed by atoms with Crippen molar-refractivity contribution >= 4 is 0 Å². The average Bonchev–Trinajstić information content (AvgIpc) is 2.89. The van der Waals surface area contributed by atoms with Crippen LogP contribution < -0.4 is 5.84 Å². The highest BCUT2D eigenvalue weighted by molar-refractivity contribution is 5.08. The standard InChI is InChI=1S/C10H18N2O/c1-8(13-2)9-7-10(3-4-10)5-6-12(9)11/h9H,1,3-7,11H2,2H3/t9-/m1/s1. The molecule has 0 unspecified atom stereocenters. The highest BCUT2D eigenvalue weighted by Crippen LogP contribution is 2.55. The van der Waals surface area contributed by atoms with E-state index in [0.717, 1.165) is 18.7 Å². The van der Waals surface area contributed by atoms with E-state index in [-0.39, 0.29) is 6.04 Å². The van der Waals surface area contributed by atoms with E-state index in [9.17, 15) is 0 Å². The highest BCUT2D eigenvalue weighted by Gasteiger charge is 2.48. The van der Waals surface area contributed by atoms with Gasteiger partial charge < -0.3 is 4.74 Å². The Kier molecular flexibility index (Phi) is 2.08. The van der Waals surface area contributed by atoms with E-state index in [1.54, 1.807) is 7.11 Å². The molecule has 0 radical (unpaired) electrons. The van der Waals surface area contributed by atoms with Gasteiger partial charge in [0.05, 0.1) is 13.2 Å². The molecule has 3 heteroatoms. The highest BCUT2D eigenvalue weighted by atomic mass is 16.5. The van der Waals surface area contributed by atoms with Crippen LogP contribution in [-0.4, -0.2) is 24.7 Å². The second-order valence-corrected chi connectivity index (χ2v) is 4.38. The van der Waals surface area contributed by atoms with Crippen molar-refractivity contribution in [3.8, 4) is 0 Å². The van der Waals surface area contributed by atoms with Crippen molar-refractivity contribution < 1.29 is 4.74 Å². The molecule has 2 aliphatic rings. The van der Waals surface area contributed by atoms with E-state index >= 15 is 0 Å². The molecule has 0 aromatic rings. The smallest absolute Gasteiger partial charge is 0.107 e. The molecule has 2 fully saturated rings. The summed E-state index contributed by atoms with van der Waals surface area (Å²) < 4.78 is 5.17. The molecule has 1 saturated carbocycles. The van der Waals surface area contributed by atoms with Crippen molar-refractivity contribution in [3.63, 3.8) is 0 Å². The van der Waals surface area contributed by atoms with E-state index in [0.29, 0.717) is 5.41 Å². The van der Waals surface area contributed by atoms with Crippen molar-refractivity contribution in [2.45, 2.75) is 31.7 Å². The maximum atomic E-state index is 5.90. The lowest BCUT2D eigenvalue weighted by Gasteiger charge is -2.37. The number of piperidine rings is 1. The van der Waals surface area contributed by atoms with Crippen LogP contribution in [0.1, 0.15) is 25.7 Å². The summed E-state index contributed by atoms with van der Waals surface area (Å²) in [6, 6.07) is 0.237. The molecule has 2 N–H and O–H groups in total. The molecular formula is C10H18N2O. The Balaban J connectivity index is 2.02. The van der Waals surface area contributed by atoms with Crippen molar-refractivity contribution in [1.29, 1.82) is 0 Å². The molecule has 1 spiro atoms. The van der Waals surface area contributed by atoms with Gasteiger partial charge in [0.1, 0.15) is 5.76 Å². The summed E-state index contributed by atoms with van der Waals surface area (Å²) >= 11 is 0. The molecule has 3 nitrogen and oxygen atoms in total. The molecule has 0 amide bonds. The predicted octanol–water partition coefficient (Wildman–Crippen LogP) is 1.26. The van der Waals surface area contributed by atoms with Crippen molar-refractivity contribution in [2.75, 3.05) is 13.7 Å². The van der Waals surface area contributed by atoms with Gasteiger partial charge >= 0.3 is 0 Å². The Bertz CT molecular complexity index is 223. The van der Waals surface area contributed by atoms with E-state index in [4.69, 9.17) is 10.6 Å². The van der Waals surface area contributed by atoms with Gasteiger partial charge in [0, 0.05) is 6.54 Å². The number of methoxy groups -OCH3 is 1.